The molecule has 0 saturated heterocycles. The molecule has 1 heteroatoms. The van der Waals surface area contributed by atoms with Gasteiger partial charge in [0.25, 0.3) is 0 Å². The third kappa shape index (κ3) is 2.91. The van der Waals surface area contributed by atoms with Crippen molar-refractivity contribution < 1.29 is 0 Å². The van der Waals surface area contributed by atoms with Crippen molar-refractivity contribution in [3.05, 3.63) is 42.5 Å². The van der Waals surface area contributed by atoms with Gasteiger partial charge in [0.2, 0.25) is 0 Å². The molecular formula is C18H23N. The van der Waals surface area contributed by atoms with E-state index < -0.39 is 0 Å². The summed E-state index contributed by atoms with van der Waals surface area (Å²) in [5.74, 6) is 0.902. The van der Waals surface area contributed by atoms with Crippen molar-refractivity contribution in [2.45, 2.75) is 45.1 Å². The summed E-state index contributed by atoms with van der Waals surface area (Å²) < 4.78 is 0. The van der Waals surface area contributed by atoms with Crippen LogP contribution in [0.3, 0.4) is 0 Å². The molecule has 2 unspecified atom stereocenters. The topological polar surface area (TPSA) is 12.0 Å². The van der Waals surface area contributed by atoms with Crippen molar-refractivity contribution in [1.29, 1.82) is 0 Å². The number of benzene rings is 2. The zero-order valence-electron chi connectivity index (χ0n) is 11.7. The Morgan fingerprint density at radius 3 is 2.68 bits per heavy atom. The van der Waals surface area contributed by atoms with Crippen molar-refractivity contribution in [1.82, 2.24) is 0 Å². The van der Waals surface area contributed by atoms with Crippen LogP contribution in [0, 0.1) is 5.92 Å². The molecule has 2 aromatic rings. The third-order valence-corrected chi connectivity index (χ3v) is 4.41. The average Bonchev–Trinajstić information content (AvgIpc) is 2.64. The Bertz CT molecular complexity index is 541. The van der Waals surface area contributed by atoms with E-state index >= 15 is 0 Å². The molecule has 0 bridgehead atoms. The number of nitrogens with one attached hydrogen (secondary N) is 1. The molecule has 1 aliphatic rings. The summed E-state index contributed by atoms with van der Waals surface area (Å²) >= 11 is 0. The Morgan fingerprint density at radius 1 is 0.895 bits per heavy atom. The Hall–Kier alpha value is -1.50. The molecule has 0 heterocycles. The van der Waals surface area contributed by atoms with E-state index in [-0.39, 0.29) is 0 Å². The van der Waals surface area contributed by atoms with Gasteiger partial charge in [0.1, 0.15) is 0 Å². The van der Waals surface area contributed by atoms with Crippen molar-refractivity contribution in [2.75, 3.05) is 5.32 Å². The predicted octanol–water partition coefficient (Wildman–Crippen LogP) is 5.22. The Balaban J connectivity index is 1.81. The van der Waals surface area contributed by atoms with Crippen molar-refractivity contribution in [3.63, 3.8) is 0 Å². The number of hydrogen-bond acceptors (Lipinski definition) is 1. The minimum absolute atomic E-state index is 0.649. The summed E-state index contributed by atoms with van der Waals surface area (Å²) in [6.07, 6.45) is 6.75. The van der Waals surface area contributed by atoms with Crippen LogP contribution >= 0.6 is 0 Å². The molecule has 0 aliphatic heterocycles. The molecule has 1 N–H and O–H groups in total. The number of rotatable bonds is 2. The average molecular weight is 253 g/mol. The Morgan fingerprint density at radius 2 is 1.74 bits per heavy atom. The van der Waals surface area contributed by atoms with Gasteiger partial charge in [-0.3, -0.25) is 0 Å². The molecule has 1 nitrogen and oxygen atoms in total. The smallest absolute Gasteiger partial charge is 0.0422 e. The van der Waals surface area contributed by atoms with E-state index in [0.717, 1.165) is 5.92 Å². The van der Waals surface area contributed by atoms with Crippen molar-refractivity contribution in [3.8, 4) is 0 Å². The van der Waals surface area contributed by atoms with Crippen molar-refractivity contribution >= 4 is 16.5 Å². The SMILES string of the molecule is CC1CCCC(Nc2cccc3ccccc23)CC1. The quantitative estimate of drug-likeness (QED) is 0.723. The van der Waals surface area contributed by atoms with E-state index in [1.165, 1.54) is 48.6 Å². The van der Waals surface area contributed by atoms with Gasteiger partial charge in [-0.05, 0) is 36.6 Å². The van der Waals surface area contributed by atoms with Crippen LogP contribution in [0.4, 0.5) is 5.69 Å². The highest BCUT2D eigenvalue weighted by Crippen LogP contribution is 2.28. The van der Waals surface area contributed by atoms with E-state index in [9.17, 15) is 0 Å². The molecule has 0 amide bonds. The van der Waals surface area contributed by atoms with Crippen LogP contribution in [0.15, 0.2) is 42.5 Å². The maximum Gasteiger partial charge on any atom is 0.0422 e. The highest BCUT2D eigenvalue weighted by Gasteiger charge is 2.16. The molecule has 1 fully saturated rings. The van der Waals surface area contributed by atoms with Gasteiger partial charge >= 0.3 is 0 Å². The van der Waals surface area contributed by atoms with E-state index in [4.69, 9.17) is 0 Å². The van der Waals surface area contributed by atoms with Crippen molar-refractivity contribution in [2.24, 2.45) is 5.92 Å². The maximum atomic E-state index is 3.78. The maximum absolute atomic E-state index is 3.78. The van der Waals surface area contributed by atoms with Crippen LogP contribution in [0.25, 0.3) is 10.8 Å². The van der Waals surface area contributed by atoms with Gasteiger partial charge in [-0.15, -0.1) is 0 Å². The first kappa shape index (κ1) is 12.5. The Kier molecular flexibility index (Phi) is 3.72. The number of fused-ring (bicyclic) bond motifs is 1. The molecule has 100 valence electrons. The summed E-state index contributed by atoms with van der Waals surface area (Å²) in [5, 5.41) is 6.46. The van der Waals surface area contributed by atoms with E-state index in [1.54, 1.807) is 0 Å². The van der Waals surface area contributed by atoms with Crippen LogP contribution in [0.1, 0.15) is 39.0 Å². The monoisotopic (exact) mass is 253 g/mol. The van der Waals surface area contributed by atoms with Gasteiger partial charge in [0.15, 0.2) is 0 Å². The minimum atomic E-state index is 0.649. The molecule has 1 saturated carbocycles. The summed E-state index contributed by atoms with van der Waals surface area (Å²) in [6.45, 7) is 2.39. The normalized spacial score (nSPS) is 24.1. The zero-order chi connectivity index (χ0) is 13.1. The lowest BCUT2D eigenvalue weighted by molar-refractivity contribution is 0.502. The first-order valence-corrected chi connectivity index (χ1v) is 7.57. The minimum Gasteiger partial charge on any atom is -0.382 e. The van der Waals surface area contributed by atoms with Crippen LogP contribution in [-0.4, -0.2) is 6.04 Å². The summed E-state index contributed by atoms with van der Waals surface area (Å²) in [4.78, 5) is 0. The van der Waals surface area contributed by atoms with Gasteiger partial charge in [-0.25, -0.2) is 0 Å². The molecule has 0 radical (unpaired) electrons. The lowest BCUT2D eigenvalue weighted by Crippen LogP contribution is -2.18. The fourth-order valence-corrected chi connectivity index (χ4v) is 3.20. The second-order valence-corrected chi connectivity index (χ2v) is 5.98. The molecular weight excluding hydrogens is 230 g/mol. The second-order valence-electron chi connectivity index (χ2n) is 5.98. The first-order valence-electron chi connectivity index (χ1n) is 7.57. The van der Waals surface area contributed by atoms with E-state index in [1.807, 2.05) is 0 Å². The summed E-state index contributed by atoms with van der Waals surface area (Å²) in [7, 11) is 0. The number of anilines is 1. The van der Waals surface area contributed by atoms with Crippen LogP contribution in [-0.2, 0) is 0 Å². The van der Waals surface area contributed by atoms with Gasteiger partial charge in [0.05, 0.1) is 0 Å². The van der Waals surface area contributed by atoms with Gasteiger partial charge in [0, 0.05) is 17.1 Å². The Labute approximate surface area is 116 Å². The van der Waals surface area contributed by atoms with Gasteiger partial charge in [-0.2, -0.15) is 0 Å². The molecule has 19 heavy (non-hydrogen) atoms. The zero-order valence-corrected chi connectivity index (χ0v) is 11.7. The molecule has 2 atom stereocenters. The second kappa shape index (κ2) is 5.64. The summed E-state index contributed by atoms with van der Waals surface area (Å²) in [6, 6.07) is 15.9. The van der Waals surface area contributed by atoms with Gasteiger partial charge in [-0.1, -0.05) is 56.2 Å². The lowest BCUT2D eigenvalue weighted by atomic mass is 10.0. The molecule has 0 aromatic heterocycles. The lowest BCUT2D eigenvalue weighted by Gasteiger charge is -2.19. The molecule has 2 aromatic carbocycles. The van der Waals surface area contributed by atoms with Crippen LogP contribution in [0.5, 0.6) is 0 Å². The third-order valence-electron chi connectivity index (χ3n) is 4.41. The van der Waals surface area contributed by atoms with E-state index in [2.05, 4.69) is 54.7 Å². The standard InChI is InChI=1S/C18H23N/c1-14-6-4-9-16(13-12-14)19-18-11-5-8-15-7-2-3-10-17(15)18/h2-3,5,7-8,10-11,14,16,19H,4,6,9,12-13H2,1H3. The van der Waals surface area contributed by atoms with Gasteiger partial charge < -0.3 is 5.32 Å². The fraction of sp³-hybridized carbons (Fsp3) is 0.444. The largest absolute Gasteiger partial charge is 0.382 e. The van der Waals surface area contributed by atoms with Crippen LogP contribution < -0.4 is 5.32 Å². The number of hydrogen-bond donors (Lipinski definition) is 1. The predicted molar refractivity (Wildman–Crippen MR) is 83.6 cm³/mol. The van der Waals surface area contributed by atoms with E-state index in [0.29, 0.717) is 6.04 Å². The first-order chi connectivity index (χ1) is 9.33. The highest BCUT2D eigenvalue weighted by molar-refractivity contribution is 5.93. The highest BCUT2D eigenvalue weighted by atomic mass is 14.9. The molecule has 1 aliphatic carbocycles. The fourth-order valence-electron chi connectivity index (χ4n) is 3.20. The molecule has 3 rings (SSSR count). The molecule has 0 spiro atoms. The van der Waals surface area contributed by atoms with Crippen LogP contribution in [0.2, 0.25) is 0 Å². The summed E-state index contributed by atoms with van der Waals surface area (Å²) in [5.41, 5.74) is 1.30.